The van der Waals surface area contributed by atoms with E-state index in [9.17, 15) is 31.4 Å². The van der Waals surface area contributed by atoms with Crippen LogP contribution in [0.25, 0.3) is 0 Å². The van der Waals surface area contributed by atoms with Crippen LogP contribution in [0, 0.1) is 0 Å². The largest absolute Gasteiger partial charge is 0.433 e. The van der Waals surface area contributed by atoms with Gasteiger partial charge in [0.1, 0.15) is 11.5 Å². The zero-order chi connectivity index (χ0) is 25.4. The smallest absolute Gasteiger partial charge is 0.388 e. The first kappa shape index (κ1) is 24.4. The zero-order valence-electron chi connectivity index (χ0n) is 18.1. The third-order valence-electron chi connectivity index (χ3n) is 5.08. The van der Waals surface area contributed by atoms with E-state index in [4.69, 9.17) is 0 Å². The summed E-state index contributed by atoms with van der Waals surface area (Å²) in [6.07, 6.45) is -8.82. The fraction of sp³-hybridized carbons (Fsp3) is 0.333. The molecule has 0 radical (unpaired) electrons. The summed E-state index contributed by atoms with van der Waals surface area (Å²) in [7, 11) is 0. The van der Waals surface area contributed by atoms with Crippen LogP contribution in [0.1, 0.15) is 24.6 Å². The van der Waals surface area contributed by atoms with Crippen molar-refractivity contribution in [3.05, 3.63) is 53.7 Å². The number of β-amino-alcohol motifs (C(OH)–C–C–N with tert-alkyl or cyclic N) is 1. The maximum Gasteiger partial charge on any atom is 0.433 e. The van der Waals surface area contributed by atoms with Gasteiger partial charge in [-0.2, -0.15) is 41.3 Å². The van der Waals surface area contributed by atoms with Crippen molar-refractivity contribution in [2.45, 2.75) is 31.3 Å². The molecule has 0 saturated carbocycles. The number of aromatic nitrogens is 4. The molecule has 3 aromatic rings. The molecule has 1 aliphatic rings. The standard InChI is InChI=1S/C21H19F6N7O/c1-19(35)8-9-34(11-19)18-32-16(28-13-5-2-4-12(10-13)20(22,23)24)31-17(33-18)30-15-7-3-6-14(29-15)21(25,26)27/h2-7,10,35H,8-9,11H2,1H3,(H2,28,29,30,31,32,33). The van der Waals surface area contributed by atoms with Crippen LogP contribution in [0.2, 0.25) is 0 Å². The molecular formula is C21H19F6N7O. The summed E-state index contributed by atoms with van der Waals surface area (Å²) in [4.78, 5) is 17.6. The van der Waals surface area contributed by atoms with Gasteiger partial charge >= 0.3 is 12.4 Å². The summed E-state index contributed by atoms with van der Waals surface area (Å²) in [5.74, 6) is -0.477. The second-order valence-corrected chi connectivity index (χ2v) is 8.19. The number of hydrogen-bond acceptors (Lipinski definition) is 8. The Labute approximate surface area is 195 Å². The Kier molecular flexibility index (Phi) is 6.17. The molecule has 1 fully saturated rings. The number of aliphatic hydroxyl groups is 1. The average molecular weight is 499 g/mol. The van der Waals surface area contributed by atoms with Crippen LogP contribution in [0.5, 0.6) is 0 Å². The van der Waals surface area contributed by atoms with Crippen molar-refractivity contribution in [1.82, 2.24) is 19.9 Å². The first-order valence-electron chi connectivity index (χ1n) is 10.3. The molecule has 2 aromatic heterocycles. The highest BCUT2D eigenvalue weighted by Crippen LogP contribution is 2.32. The van der Waals surface area contributed by atoms with Gasteiger partial charge in [-0.3, -0.25) is 0 Å². The second-order valence-electron chi connectivity index (χ2n) is 8.19. The molecule has 8 nitrogen and oxygen atoms in total. The van der Waals surface area contributed by atoms with E-state index in [-0.39, 0.29) is 35.9 Å². The van der Waals surface area contributed by atoms with Crippen LogP contribution >= 0.6 is 0 Å². The van der Waals surface area contributed by atoms with E-state index in [0.29, 0.717) is 13.0 Å². The van der Waals surface area contributed by atoms with Crippen LogP contribution < -0.4 is 15.5 Å². The predicted octanol–water partition coefficient (Wildman–Crippen LogP) is 4.75. The van der Waals surface area contributed by atoms with E-state index in [1.165, 1.54) is 18.2 Å². The van der Waals surface area contributed by atoms with Gasteiger partial charge in [0.15, 0.2) is 0 Å². The van der Waals surface area contributed by atoms with Crippen LogP contribution in [0.4, 0.5) is 55.7 Å². The normalized spacial score (nSPS) is 18.6. The molecule has 35 heavy (non-hydrogen) atoms. The van der Waals surface area contributed by atoms with Gasteiger partial charge in [0, 0.05) is 18.8 Å². The number of halogens is 6. The lowest BCUT2D eigenvalue weighted by Gasteiger charge is -2.20. The highest BCUT2D eigenvalue weighted by Gasteiger charge is 2.34. The van der Waals surface area contributed by atoms with Crippen molar-refractivity contribution in [1.29, 1.82) is 0 Å². The summed E-state index contributed by atoms with van der Waals surface area (Å²) in [5, 5.41) is 15.5. The van der Waals surface area contributed by atoms with Gasteiger partial charge in [-0.25, -0.2) is 4.98 Å². The Morgan fingerprint density at radius 1 is 0.886 bits per heavy atom. The van der Waals surface area contributed by atoms with E-state index in [1.807, 2.05) is 0 Å². The molecule has 1 aromatic carbocycles. The van der Waals surface area contributed by atoms with Crippen LogP contribution in [-0.4, -0.2) is 43.7 Å². The number of anilines is 5. The Morgan fingerprint density at radius 3 is 2.20 bits per heavy atom. The number of benzene rings is 1. The topological polar surface area (TPSA) is 99.1 Å². The van der Waals surface area contributed by atoms with Gasteiger partial charge in [-0.15, -0.1) is 0 Å². The molecule has 186 valence electrons. The molecule has 1 unspecified atom stereocenters. The van der Waals surface area contributed by atoms with Crippen molar-refractivity contribution in [3.8, 4) is 0 Å². The molecule has 0 spiro atoms. The van der Waals surface area contributed by atoms with Crippen molar-refractivity contribution >= 4 is 29.4 Å². The third kappa shape index (κ3) is 6.07. The van der Waals surface area contributed by atoms with Gasteiger partial charge in [0.2, 0.25) is 17.8 Å². The first-order valence-corrected chi connectivity index (χ1v) is 10.3. The average Bonchev–Trinajstić information content (AvgIpc) is 3.12. The van der Waals surface area contributed by atoms with E-state index in [0.717, 1.165) is 24.3 Å². The minimum absolute atomic E-state index is 0.0357. The van der Waals surface area contributed by atoms with Crippen molar-refractivity contribution < 1.29 is 31.4 Å². The Hall–Kier alpha value is -3.68. The van der Waals surface area contributed by atoms with Crippen molar-refractivity contribution in [2.75, 3.05) is 28.6 Å². The van der Waals surface area contributed by atoms with E-state index >= 15 is 0 Å². The second kappa shape index (κ2) is 8.83. The minimum atomic E-state index is -4.67. The number of hydrogen-bond donors (Lipinski definition) is 3. The lowest BCUT2D eigenvalue weighted by atomic mass is 10.1. The quantitative estimate of drug-likeness (QED) is 0.433. The molecule has 3 N–H and O–H groups in total. The van der Waals surface area contributed by atoms with E-state index < -0.39 is 29.2 Å². The number of pyridine rings is 1. The summed E-state index contributed by atoms with van der Waals surface area (Å²) < 4.78 is 78.3. The molecule has 1 saturated heterocycles. The molecule has 0 bridgehead atoms. The molecular weight excluding hydrogens is 480 g/mol. The Bertz CT molecular complexity index is 1140. The van der Waals surface area contributed by atoms with Gasteiger partial charge in [-0.05, 0) is 43.7 Å². The maximum atomic E-state index is 13.1. The number of nitrogens with one attached hydrogen (secondary N) is 2. The highest BCUT2D eigenvalue weighted by molar-refractivity contribution is 5.59. The van der Waals surface area contributed by atoms with Crippen LogP contribution in [-0.2, 0) is 12.4 Å². The van der Waals surface area contributed by atoms with Gasteiger partial charge in [-0.1, -0.05) is 12.1 Å². The van der Waals surface area contributed by atoms with Gasteiger partial charge in [0.25, 0.3) is 0 Å². The molecule has 0 amide bonds. The summed E-state index contributed by atoms with van der Waals surface area (Å²) in [6.45, 7) is 2.17. The molecule has 4 rings (SSSR count). The van der Waals surface area contributed by atoms with Crippen LogP contribution in [0.3, 0.4) is 0 Å². The number of rotatable bonds is 5. The maximum absolute atomic E-state index is 13.1. The molecule has 1 aliphatic heterocycles. The van der Waals surface area contributed by atoms with Crippen molar-refractivity contribution in [3.63, 3.8) is 0 Å². The molecule has 0 aliphatic carbocycles. The molecule has 3 heterocycles. The highest BCUT2D eigenvalue weighted by atomic mass is 19.4. The van der Waals surface area contributed by atoms with Gasteiger partial charge < -0.3 is 20.6 Å². The Morgan fingerprint density at radius 2 is 1.57 bits per heavy atom. The fourth-order valence-electron chi connectivity index (χ4n) is 3.41. The van der Waals surface area contributed by atoms with E-state index in [1.54, 1.807) is 11.8 Å². The Balaban J connectivity index is 1.68. The fourth-order valence-corrected chi connectivity index (χ4v) is 3.41. The summed E-state index contributed by atoms with van der Waals surface area (Å²) in [6, 6.07) is 7.58. The first-order chi connectivity index (χ1) is 16.3. The predicted molar refractivity (Wildman–Crippen MR) is 115 cm³/mol. The lowest BCUT2D eigenvalue weighted by molar-refractivity contribution is -0.141. The minimum Gasteiger partial charge on any atom is -0.388 e. The third-order valence-corrected chi connectivity index (χ3v) is 5.08. The molecule has 14 heteroatoms. The SMILES string of the molecule is CC1(O)CCN(c2nc(Nc3cccc(C(F)(F)F)c3)nc(Nc3cccc(C(F)(F)F)n3)n2)C1. The lowest BCUT2D eigenvalue weighted by Crippen LogP contribution is -2.30. The monoisotopic (exact) mass is 499 g/mol. The summed E-state index contributed by atoms with van der Waals surface area (Å²) in [5.41, 5.74) is -3.00. The van der Waals surface area contributed by atoms with Crippen LogP contribution in [0.15, 0.2) is 42.5 Å². The van der Waals surface area contributed by atoms with Gasteiger partial charge in [0.05, 0.1) is 11.2 Å². The number of alkyl halides is 6. The zero-order valence-corrected chi connectivity index (χ0v) is 18.1. The number of nitrogens with zero attached hydrogens (tertiary/aromatic N) is 5. The van der Waals surface area contributed by atoms with Crippen molar-refractivity contribution in [2.24, 2.45) is 0 Å². The molecule has 1 atom stereocenters. The van der Waals surface area contributed by atoms with E-state index in [2.05, 4.69) is 30.6 Å². The summed E-state index contributed by atoms with van der Waals surface area (Å²) >= 11 is 0.